The summed E-state index contributed by atoms with van der Waals surface area (Å²) in [7, 11) is 5.83. The smallest absolute Gasteiger partial charge is 0.119 e. The summed E-state index contributed by atoms with van der Waals surface area (Å²) >= 11 is 3.57. The molecular weight excluding hydrogens is 318 g/mol. The molecule has 0 amide bonds. The third-order valence-electron chi connectivity index (χ3n) is 4.65. The molecule has 0 saturated heterocycles. The quantitative estimate of drug-likeness (QED) is 0.892. The second kappa shape index (κ2) is 6.46. The first-order valence-electron chi connectivity index (χ1n) is 7.17. The van der Waals surface area contributed by atoms with E-state index >= 15 is 0 Å². The van der Waals surface area contributed by atoms with E-state index in [1.807, 2.05) is 18.2 Å². The van der Waals surface area contributed by atoms with Crippen molar-refractivity contribution in [2.24, 2.45) is 0 Å². The molecule has 1 atom stereocenters. The van der Waals surface area contributed by atoms with Gasteiger partial charge in [-0.1, -0.05) is 28.8 Å². The molecule has 20 heavy (non-hydrogen) atoms. The van der Waals surface area contributed by atoms with Crippen LogP contribution in [0.5, 0.6) is 5.75 Å². The van der Waals surface area contributed by atoms with Crippen LogP contribution in [0.15, 0.2) is 22.7 Å². The Balaban J connectivity index is 2.20. The van der Waals surface area contributed by atoms with Gasteiger partial charge < -0.3 is 14.7 Å². The summed E-state index contributed by atoms with van der Waals surface area (Å²) in [6, 6.07) is 5.92. The molecule has 1 aromatic rings. The minimum Gasteiger partial charge on any atom is -0.497 e. The fraction of sp³-hybridized carbons (Fsp3) is 0.625. The van der Waals surface area contributed by atoms with E-state index < -0.39 is 0 Å². The minimum absolute atomic E-state index is 0.0808. The van der Waals surface area contributed by atoms with E-state index in [9.17, 15) is 5.11 Å². The van der Waals surface area contributed by atoms with Crippen LogP contribution in [0.25, 0.3) is 0 Å². The fourth-order valence-electron chi connectivity index (χ4n) is 3.30. The van der Waals surface area contributed by atoms with Gasteiger partial charge in [-0.2, -0.15) is 0 Å². The molecular formula is C16H24BrNO2. The van der Waals surface area contributed by atoms with Gasteiger partial charge in [0.05, 0.1) is 13.2 Å². The standard InChI is InChI=1S/C16H24BrNO2/c1-18(2)16(8-4-5-9-16)15(19)11-12-10-13(20-3)6-7-14(12)17/h6-7,10,15,19H,4-5,8-9,11H2,1-3H3. The molecule has 3 nitrogen and oxygen atoms in total. The molecule has 1 saturated carbocycles. The van der Waals surface area contributed by atoms with Crippen molar-refractivity contribution >= 4 is 15.9 Å². The molecule has 0 heterocycles. The number of hydrogen-bond acceptors (Lipinski definition) is 3. The number of aliphatic hydroxyl groups excluding tert-OH is 1. The number of aliphatic hydroxyl groups is 1. The van der Waals surface area contributed by atoms with Crippen LogP contribution < -0.4 is 4.74 Å². The maximum Gasteiger partial charge on any atom is 0.119 e. The zero-order chi connectivity index (χ0) is 14.8. The van der Waals surface area contributed by atoms with E-state index in [0.717, 1.165) is 28.6 Å². The number of ether oxygens (including phenoxy) is 1. The Kier molecular flexibility index (Phi) is 5.10. The molecule has 2 rings (SSSR count). The lowest BCUT2D eigenvalue weighted by atomic mass is 9.85. The molecule has 1 unspecified atom stereocenters. The van der Waals surface area contributed by atoms with Crippen LogP contribution in [-0.4, -0.2) is 42.9 Å². The summed E-state index contributed by atoms with van der Waals surface area (Å²) in [6.45, 7) is 0. The van der Waals surface area contributed by atoms with Crippen LogP contribution in [0.4, 0.5) is 0 Å². The van der Waals surface area contributed by atoms with Crippen LogP contribution in [-0.2, 0) is 6.42 Å². The lowest BCUT2D eigenvalue weighted by Gasteiger charge is -2.40. The van der Waals surface area contributed by atoms with Crippen molar-refractivity contribution in [1.29, 1.82) is 0 Å². The third kappa shape index (κ3) is 3.02. The number of hydrogen-bond donors (Lipinski definition) is 1. The normalized spacial score (nSPS) is 19.3. The Morgan fingerprint density at radius 3 is 2.55 bits per heavy atom. The highest BCUT2D eigenvalue weighted by Crippen LogP contribution is 2.38. The highest BCUT2D eigenvalue weighted by atomic mass is 79.9. The van der Waals surface area contributed by atoms with Gasteiger partial charge in [0.15, 0.2) is 0 Å². The number of likely N-dealkylation sites (N-methyl/N-ethyl adjacent to an activating group) is 1. The van der Waals surface area contributed by atoms with Crippen LogP contribution in [0.3, 0.4) is 0 Å². The largest absolute Gasteiger partial charge is 0.497 e. The van der Waals surface area contributed by atoms with Crippen LogP contribution >= 0.6 is 15.9 Å². The maximum absolute atomic E-state index is 10.8. The number of halogens is 1. The Morgan fingerprint density at radius 2 is 2.00 bits per heavy atom. The van der Waals surface area contributed by atoms with Crippen LogP contribution in [0.2, 0.25) is 0 Å². The molecule has 1 aromatic carbocycles. The summed E-state index contributed by atoms with van der Waals surface area (Å²) in [5.74, 6) is 0.834. The first-order valence-corrected chi connectivity index (χ1v) is 7.97. The molecule has 0 spiro atoms. The van der Waals surface area contributed by atoms with Gasteiger partial charge in [-0.3, -0.25) is 0 Å². The third-order valence-corrected chi connectivity index (χ3v) is 5.42. The van der Waals surface area contributed by atoms with Crippen molar-refractivity contribution in [3.63, 3.8) is 0 Å². The molecule has 4 heteroatoms. The number of benzene rings is 1. The maximum atomic E-state index is 10.8. The number of nitrogens with zero attached hydrogens (tertiary/aromatic N) is 1. The van der Waals surface area contributed by atoms with E-state index in [-0.39, 0.29) is 11.6 Å². The van der Waals surface area contributed by atoms with E-state index in [1.165, 1.54) is 12.8 Å². The number of rotatable bonds is 5. The Hall–Kier alpha value is -0.580. The van der Waals surface area contributed by atoms with Crippen molar-refractivity contribution in [3.8, 4) is 5.75 Å². The predicted molar refractivity (Wildman–Crippen MR) is 85.3 cm³/mol. The Bertz CT molecular complexity index is 456. The van der Waals surface area contributed by atoms with E-state index in [2.05, 4.69) is 34.9 Å². The van der Waals surface area contributed by atoms with Crippen LogP contribution in [0.1, 0.15) is 31.2 Å². The zero-order valence-corrected chi connectivity index (χ0v) is 14.1. The lowest BCUT2D eigenvalue weighted by molar-refractivity contribution is -0.00260. The second-order valence-corrected chi connectivity index (χ2v) is 6.74. The molecule has 1 N–H and O–H groups in total. The molecule has 1 fully saturated rings. The summed E-state index contributed by atoms with van der Waals surface area (Å²) in [5, 5.41) is 10.8. The fourth-order valence-corrected chi connectivity index (χ4v) is 3.71. The Labute approximate surface area is 130 Å². The van der Waals surface area contributed by atoms with E-state index in [0.29, 0.717) is 6.42 Å². The molecule has 0 aromatic heterocycles. The molecule has 0 aliphatic heterocycles. The summed E-state index contributed by atoms with van der Waals surface area (Å²) < 4.78 is 6.31. The molecule has 0 radical (unpaired) electrons. The first-order chi connectivity index (χ1) is 9.49. The van der Waals surface area contributed by atoms with Gasteiger partial charge in [0.2, 0.25) is 0 Å². The summed E-state index contributed by atoms with van der Waals surface area (Å²) in [5.41, 5.74) is 1.02. The lowest BCUT2D eigenvalue weighted by Crippen LogP contribution is -2.52. The second-order valence-electron chi connectivity index (χ2n) is 5.88. The predicted octanol–water partition coefficient (Wildman–Crippen LogP) is 3.24. The van der Waals surface area contributed by atoms with E-state index in [4.69, 9.17) is 4.74 Å². The van der Waals surface area contributed by atoms with Crippen molar-refractivity contribution in [1.82, 2.24) is 4.90 Å². The van der Waals surface area contributed by atoms with Gasteiger partial charge in [0.1, 0.15) is 5.75 Å². The molecule has 112 valence electrons. The highest BCUT2D eigenvalue weighted by molar-refractivity contribution is 9.10. The highest BCUT2D eigenvalue weighted by Gasteiger charge is 2.42. The summed E-state index contributed by atoms with van der Waals surface area (Å²) in [6.07, 6.45) is 4.84. The topological polar surface area (TPSA) is 32.7 Å². The van der Waals surface area contributed by atoms with Crippen molar-refractivity contribution < 1.29 is 9.84 Å². The van der Waals surface area contributed by atoms with Gasteiger partial charge in [0.25, 0.3) is 0 Å². The van der Waals surface area contributed by atoms with Gasteiger partial charge in [-0.15, -0.1) is 0 Å². The van der Waals surface area contributed by atoms with Gasteiger partial charge in [-0.25, -0.2) is 0 Å². The first kappa shape index (κ1) is 15.8. The van der Waals surface area contributed by atoms with Gasteiger partial charge in [-0.05, 0) is 50.7 Å². The molecule has 1 aliphatic carbocycles. The van der Waals surface area contributed by atoms with E-state index in [1.54, 1.807) is 7.11 Å². The van der Waals surface area contributed by atoms with Gasteiger partial charge >= 0.3 is 0 Å². The average Bonchev–Trinajstić information content (AvgIpc) is 2.92. The zero-order valence-electron chi connectivity index (χ0n) is 12.5. The Morgan fingerprint density at radius 1 is 1.35 bits per heavy atom. The summed E-state index contributed by atoms with van der Waals surface area (Å²) in [4.78, 5) is 2.21. The van der Waals surface area contributed by atoms with Crippen molar-refractivity contribution in [2.75, 3.05) is 21.2 Å². The molecule has 1 aliphatic rings. The molecule has 0 bridgehead atoms. The van der Waals surface area contributed by atoms with Crippen LogP contribution in [0, 0.1) is 0 Å². The van der Waals surface area contributed by atoms with Crippen molar-refractivity contribution in [2.45, 2.75) is 43.7 Å². The SMILES string of the molecule is COc1ccc(Br)c(CC(O)C2(N(C)C)CCCC2)c1. The van der Waals surface area contributed by atoms with Crippen molar-refractivity contribution in [3.05, 3.63) is 28.2 Å². The van der Waals surface area contributed by atoms with Gasteiger partial charge in [0, 0.05) is 16.4 Å². The monoisotopic (exact) mass is 341 g/mol. The average molecular weight is 342 g/mol. The number of methoxy groups -OCH3 is 1. The minimum atomic E-state index is -0.358.